The molecule has 1 aromatic carbocycles. The summed E-state index contributed by atoms with van der Waals surface area (Å²) >= 11 is 0. The quantitative estimate of drug-likeness (QED) is 0.839. The van der Waals surface area contributed by atoms with Crippen molar-refractivity contribution in [3.8, 4) is 0 Å². The molecule has 1 atom stereocenters. The van der Waals surface area contributed by atoms with Gasteiger partial charge in [-0.15, -0.1) is 0 Å². The molecule has 1 unspecified atom stereocenters. The third-order valence-corrected chi connectivity index (χ3v) is 6.16. The predicted octanol–water partition coefficient (Wildman–Crippen LogP) is 3.21. The third-order valence-electron chi connectivity index (χ3n) is 6.16. The lowest BCUT2D eigenvalue weighted by molar-refractivity contribution is -0.136. The van der Waals surface area contributed by atoms with Gasteiger partial charge in [-0.1, -0.05) is 0 Å². The highest BCUT2D eigenvalue weighted by molar-refractivity contribution is 5.76. The number of nitrogens with zero attached hydrogens (tertiary/aromatic N) is 2. The fourth-order valence-corrected chi connectivity index (χ4v) is 4.17. The number of hydrogen-bond donors (Lipinski definition) is 0. The first-order valence-electron chi connectivity index (χ1n) is 9.45. The van der Waals surface area contributed by atoms with Gasteiger partial charge in [0.1, 0.15) is 5.82 Å². The van der Waals surface area contributed by atoms with E-state index in [0.717, 1.165) is 44.5 Å². The van der Waals surface area contributed by atoms with Gasteiger partial charge in [-0.25, -0.2) is 4.39 Å². The molecule has 2 aliphatic heterocycles. The number of benzene rings is 1. The second kappa shape index (κ2) is 6.60. The van der Waals surface area contributed by atoms with E-state index in [9.17, 15) is 9.18 Å². The molecule has 5 heteroatoms. The van der Waals surface area contributed by atoms with Crippen molar-refractivity contribution in [3.63, 3.8) is 0 Å². The van der Waals surface area contributed by atoms with Crippen LogP contribution in [-0.2, 0) is 9.53 Å². The van der Waals surface area contributed by atoms with Gasteiger partial charge in [-0.3, -0.25) is 4.79 Å². The van der Waals surface area contributed by atoms with Crippen molar-refractivity contribution in [1.82, 2.24) is 4.90 Å². The lowest BCUT2D eigenvalue weighted by Crippen LogP contribution is -2.47. The number of likely N-dealkylation sites (N-methyl/N-ethyl adjacent to an activating group) is 1. The molecule has 1 amide bonds. The third kappa shape index (κ3) is 3.66. The minimum atomic E-state index is -0.209. The molecule has 0 aromatic heterocycles. The van der Waals surface area contributed by atoms with Crippen molar-refractivity contribution >= 4 is 11.6 Å². The molecular weight excluding hydrogens is 319 g/mol. The van der Waals surface area contributed by atoms with Gasteiger partial charge in [0.05, 0.1) is 18.2 Å². The lowest BCUT2D eigenvalue weighted by Gasteiger charge is -2.39. The summed E-state index contributed by atoms with van der Waals surface area (Å²) in [5.74, 6) is 0.773. The highest BCUT2D eigenvalue weighted by atomic mass is 19.1. The highest BCUT2D eigenvalue weighted by Gasteiger charge is 2.44. The predicted molar refractivity (Wildman–Crippen MR) is 95.0 cm³/mol. The summed E-state index contributed by atoms with van der Waals surface area (Å²) in [6.45, 7) is 2.33. The summed E-state index contributed by atoms with van der Waals surface area (Å²) < 4.78 is 19.4. The van der Waals surface area contributed by atoms with Gasteiger partial charge in [0.15, 0.2) is 0 Å². The maximum Gasteiger partial charge on any atom is 0.222 e. The maximum absolute atomic E-state index is 13.1. The fraction of sp³-hybridized carbons (Fsp3) is 0.650. The number of halogens is 1. The molecule has 3 fully saturated rings. The summed E-state index contributed by atoms with van der Waals surface area (Å²) in [7, 11) is 2.05. The van der Waals surface area contributed by atoms with Crippen molar-refractivity contribution in [2.24, 2.45) is 5.92 Å². The summed E-state index contributed by atoms with van der Waals surface area (Å²) in [6, 6.07) is 6.95. The van der Waals surface area contributed by atoms with Crippen LogP contribution in [-0.4, -0.2) is 49.2 Å². The Morgan fingerprint density at radius 1 is 1.28 bits per heavy atom. The van der Waals surface area contributed by atoms with Crippen molar-refractivity contribution < 1.29 is 13.9 Å². The monoisotopic (exact) mass is 346 g/mol. The number of hydrogen-bond acceptors (Lipinski definition) is 3. The van der Waals surface area contributed by atoms with E-state index >= 15 is 0 Å². The average Bonchev–Trinajstić information content (AvgIpc) is 3.34. The van der Waals surface area contributed by atoms with Crippen LogP contribution < -0.4 is 4.90 Å². The maximum atomic E-state index is 13.1. The zero-order chi connectivity index (χ0) is 17.4. The average molecular weight is 346 g/mol. The van der Waals surface area contributed by atoms with Crippen LogP contribution in [0.2, 0.25) is 0 Å². The number of likely N-dealkylation sites (tertiary alicyclic amines) is 1. The largest absolute Gasteiger partial charge is 0.373 e. The van der Waals surface area contributed by atoms with Gasteiger partial charge in [0.25, 0.3) is 0 Å². The number of anilines is 1. The number of ether oxygens (including phenoxy) is 1. The van der Waals surface area contributed by atoms with Crippen molar-refractivity contribution in [3.05, 3.63) is 30.1 Å². The molecule has 1 spiro atoms. The molecule has 136 valence electrons. The van der Waals surface area contributed by atoms with Crippen LogP contribution in [0.4, 0.5) is 10.1 Å². The van der Waals surface area contributed by atoms with Gasteiger partial charge in [0.2, 0.25) is 5.91 Å². The molecule has 2 saturated heterocycles. The second-order valence-electron chi connectivity index (χ2n) is 7.97. The van der Waals surface area contributed by atoms with Gasteiger partial charge in [-0.05, 0) is 62.3 Å². The summed E-state index contributed by atoms with van der Waals surface area (Å²) in [5, 5.41) is 0. The first-order valence-corrected chi connectivity index (χ1v) is 9.45. The molecule has 4 nitrogen and oxygen atoms in total. The Morgan fingerprint density at radius 2 is 1.96 bits per heavy atom. The van der Waals surface area contributed by atoms with Crippen LogP contribution in [0.3, 0.4) is 0 Å². The Morgan fingerprint density at radius 3 is 2.60 bits per heavy atom. The first-order chi connectivity index (χ1) is 12.0. The van der Waals surface area contributed by atoms with E-state index in [2.05, 4.69) is 11.9 Å². The van der Waals surface area contributed by atoms with Gasteiger partial charge < -0.3 is 14.5 Å². The topological polar surface area (TPSA) is 32.8 Å². The highest BCUT2D eigenvalue weighted by Crippen LogP contribution is 2.39. The number of carbonyl (C=O) groups excluding carboxylic acids is 1. The smallest absolute Gasteiger partial charge is 0.222 e. The SMILES string of the molecule is CN(c1ccc(F)cc1)C1COC2(CCN(C(=O)CC3CC3)CC2)C1. The van der Waals surface area contributed by atoms with Crippen LogP contribution >= 0.6 is 0 Å². The molecule has 2 heterocycles. The van der Waals surface area contributed by atoms with Crippen LogP contribution in [0.5, 0.6) is 0 Å². The second-order valence-corrected chi connectivity index (χ2v) is 7.97. The molecule has 1 aromatic rings. The van der Waals surface area contributed by atoms with Gasteiger partial charge >= 0.3 is 0 Å². The van der Waals surface area contributed by atoms with Gasteiger partial charge in [0, 0.05) is 32.2 Å². The molecule has 0 N–H and O–H groups in total. The minimum Gasteiger partial charge on any atom is -0.373 e. The first kappa shape index (κ1) is 16.8. The van der Waals surface area contributed by atoms with E-state index in [1.807, 2.05) is 17.0 Å². The van der Waals surface area contributed by atoms with E-state index in [1.165, 1.54) is 25.0 Å². The Balaban J connectivity index is 1.32. The van der Waals surface area contributed by atoms with E-state index < -0.39 is 0 Å². The van der Waals surface area contributed by atoms with Crippen molar-refractivity contribution in [2.45, 2.75) is 50.2 Å². The molecular formula is C20H27FN2O2. The van der Waals surface area contributed by atoms with E-state index in [-0.39, 0.29) is 11.4 Å². The molecule has 3 aliphatic rings. The van der Waals surface area contributed by atoms with Crippen LogP contribution in [0.1, 0.15) is 38.5 Å². The molecule has 0 radical (unpaired) electrons. The molecule has 1 aliphatic carbocycles. The number of rotatable bonds is 4. The molecule has 4 rings (SSSR count). The number of piperidine rings is 1. The summed E-state index contributed by atoms with van der Waals surface area (Å²) in [4.78, 5) is 16.5. The van der Waals surface area contributed by atoms with Crippen molar-refractivity contribution in [1.29, 1.82) is 0 Å². The molecule has 25 heavy (non-hydrogen) atoms. The van der Waals surface area contributed by atoms with E-state index in [0.29, 0.717) is 24.5 Å². The number of amides is 1. The van der Waals surface area contributed by atoms with E-state index in [4.69, 9.17) is 4.74 Å². The zero-order valence-electron chi connectivity index (χ0n) is 14.9. The Hall–Kier alpha value is -1.62. The standard InChI is InChI=1S/C20H27FN2O2/c1-22(17-6-4-16(21)5-7-17)18-13-20(25-14-18)8-10-23(11-9-20)19(24)12-15-2-3-15/h4-7,15,18H,2-3,8-14H2,1H3. The van der Waals surface area contributed by atoms with Crippen molar-refractivity contribution in [2.75, 3.05) is 31.6 Å². The minimum absolute atomic E-state index is 0.0880. The Kier molecular flexibility index (Phi) is 4.44. The van der Waals surface area contributed by atoms with Crippen LogP contribution in [0.25, 0.3) is 0 Å². The lowest BCUT2D eigenvalue weighted by atomic mass is 9.87. The van der Waals surface area contributed by atoms with Gasteiger partial charge in [-0.2, -0.15) is 0 Å². The fourth-order valence-electron chi connectivity index (χ4n) is 4.17. The Labute approximate surface area is 148 Å². The normalized spacial score (nSPS) is 25.4. The van der Waals surface area contributed by atoms with Crippen LogP contribution in [0.15, 0.2) is 24.3 Å². The molecule has 1 saturated carbocycles. The van der Waals surface area contributed by atoms with E-state index in [1.54, 1.807) is 0 Å². The summed E-state index contributed by atoms with van der Waals surface area (Å²) in [5.41, 5.74) is 0.930. The zero-order valence-corrected chi connectivity index (χ0v) is 14.9. The summed E-state index contributed by atoms with van der Waals surface area (Å²) in [6.07, 6.45) is 6.03. The number of carbonyl (C=O) groups is 1. The molecule has 0 bridgehead atoms. The Bertz CT molecular complexity index is 621. The van der Waals surface area contributed by atoms with Crippen LogP contribution in [0, 0.1) is 11.7 Å².